The Kier molecular flexibility index (Phi) is 3.80. The average Bonchev–Trinajstić information content (AvgIpc) is 2.38. The summed E-state index contributed by atoms with van der Waals surface area (Å²) in [6.45, 7) is 0. The van der Waals surface area contributed by atoms with Gasteiger partial charge in [0.2, 0.25) is 0 Å². The van der Waals surface area contributed by atoms with Gasteiger partial charge in [-0.3, -0.25) is 4.79 Å². The summed E-state index contributed by atoms with van der Waals surface area (Å²) in [5.74, 6) is -4.55. The van der Waals surface area contributed by atoms with E-state index in [9.17, 15) is 18.0 Å². The van der Waals surface area contributed by atoms with Crippen molar-refractivity contribution in [2.75, 3.05) is 11.1 Å². The number of hydrogen-bond acceptors (Lipinski definition) is 3. The number of carbonyl (C=O) groups is 1. The lowest BCUT2D eigenvalue weighted by Gasteiger charge is -2.08. The summed E-state index contributed by atoms with van der Waals surface area (Å²) in [4.78, 5) is 15.5. The van der Waals surface area contributed by atoms with E-state index in [2.05, 4.69) is 10.3 Å². The molecule has 1 amide bonds. The number of nitrogens with one attached hydrogen (secondary N) is 1. The predicted octanol–water partition coefficient (Wildman–Crippen LogP) is 2.99. The molecule has 0 bridgehead atoms. The van der Waals surface area contributed by atoms with Crippen molar-refractivity contribution in [1.82, 2.24) is 4.98 Å². The SMILES string of the molecule is Nc1cc(C(=O)Nc2cc(F)c(F)cc2F)c(Cl)cn1. The molecule has 2 aromatic rings. The van der Waals surface area contributed by atoms with E-state index in [0.29, 0.717) is 12.1 Å². The maximum Gasteiger partial charge on any atom is 0.257 e. The lowest BCUT2D eigenvalue weighted by Crippen LogP contribution is -2.14. The molecule has 0 aliphatic rings. The molecule has 0 fully saturated rings. The fourth-order valence-corrected chi connectivity index (χ4v) is 1.63. The number of pyridine rings is 1. The first-order valence-electron chi connectivity index (χ1n) is 5.25. The van der Waals surface area contributed by atoms with Crippen LogP contribution in [0.4, 0.5) is 24.7 Å². The number of hydrogen-bond donors (Lipinski definition) is 2. The van der Waals surface area contributed by atoms with Crippen LogP contribution in [0.15, 0.2) is 24.4 Å². The highest BCUT2D eigenvalue weighted by molar-refractivity contribution is 6.34. The summed E-state index contributed by atoms with van der Waals surface area (Å²) < 4.78 is 39.2. The maximum absolute atomic E-state index is 13.4. The van der Waals surface area contributed by atoms with E-state index in [1.54, 1.807) is 0 Å². The number of nitrogens with two attached hydrogens (primary N) is 1. The Balaban J connectivity index is 2.32. The van der Waals surface area contributed by atoms with Gasteiger partial charge in [0.25, 0.3) is 5.91 Å². The zero-order valence-electron chi connectivity index (χ0n) is 9.75. The van der Waals surface area contributed by atoms with E-state index < -0.39 is 29.0 Å². The van der Waals surface area contributed by atoms with Gasteiger partial charge >= 0.3 is 0 Å². The highest BCUT2D eigenvalue weighted by Crippen LogP contribution is 2.22. The van der Waals surface area contributed by atoms with Crippen LogP contribution in [0.1, 0.15) is 10.4 Å². The van der Waals surface area contributed by atoms with Crippen molar-refractivity contribution >= 4 is 29.0 Å². The third kappa shape index (κ3) is 2.83. The summed E-state index contributed by atoms with van der Waals surface area (Å²) >= 11 is 5.75. The van der Waals surface area contributed by atoms with E-state index >= 15 is 0 Å². The number of aromatic nitrogens is 1. The molecule has 0 aliphatic carbocycles. The van der Waals surface area contributed by atoms with Gasteiger partial charge in [0.15, 0.2) is 11.6 Å². The monoisotopic (exact) mass is 301 g/mol. The summed E-state index contributed by atoms with van der Waals surface area (Å²) in [7, 11) is 0. The number of anilines is 2. The molecule has 0 atom stereocenters. The molecule has 0 unspecified atom stereocenters. The molecule has 2 rings (SSSR count). The van der Waals surface area contributed by atoms with E-state index in [1.165, 1.54) is 6.07 Å². The molecule has 20 heavy (non-hydrogen) atoms. The number of rotatable bonds is 2. The van der Waals surface area contributed by atoms with Crippen LogP contribution in [0.3, 0.4) is 0 Å². The number of benzene rings is 1. The average molecular weight is 302 g/mol. The van der Waals surface area contributed by atoms with Crippen LogP contribution in [0.5, 0.6) is 0 Å². The first kappa shape index (κ1) is 14.1. The van der Waals surface area contributed by atoms with Crippen LogP contribution >= 0.6 is 11.6 Å². The minimum atomic E-state index is -1.35. The molecular formula is C12H7ClF3N3O. The summed E-state index contributed by atoms with van der Waals surface area (Å²) in [5.41, 5.74) is 4.82. The van der Waals surface area contributed by atoms with E-state index in [4.69, 9.17) is 17.3 Å². The Morgan fingerprint density at radius 3 is 2.50 bits per heavy atom. The van der Waals surface area contributed by atoms with Crippen LogP contribution in [-0.4, -0.2) is 10.9 Å². The molecule has 104 valence electrons. The van der Waals surface area contributed by atoms with E-state index in [0.717, 1.165) is 6.20 Å². The molecular weight excluding hydrogens is 295 g/mol. The smallest absolute Gasteiger partial charge is 0.257 e. The molecule has 0 aliphatic heterocycles. The van der Waals surface area contributed by atoms with E-state index in [-0.39, 0.29) is 16.4 Å². The Morgan fingerprint density at radius 1 is 1.15 bits per heavy atom. The fourth-order valence-electron chi connectivity index (χ4n) is 1.44. The molecule has 0 saturated heterocycles. The molecule has 1 heterocycles. The third-order valence-electron chi connectivity index (χ3n) is 2.38. The Hall–Kier alpha value is -2.28. The molecule has 0 radical (unpaired) electrons. The van der Waals surface area contributed by atoms with Crippen molar-refractivity contribution in [2.45, 2.75) is 0 Å². The zero-order chi connectivity index (χ0) is 14.9. The van der Waals surface area contributed by atoms with Gasteiger partial charge in [0.05, 0.1) is 16.3 Å². The highest BCUT2D eigenvalue weighted by Gasteiger charge is 2.16. The van der Waals surface area contributed by atoms with Crippen molar-refractivity contribution in [1.29, 1.82) is 0 Å². The number of carbonyl (C=O) groups excluding carboxylic acids is 1. The lowest BCUT2D eigenvalue weighted by molar-refractivity contribution is 0.102. The molecule has 1 aromatic heterocycles. The van der Waals surface area contributed by atoms with Crippen molar-refractivity contribution in [3.63, 3.8) is 0 Å². The summed E-state index contributed by atoms with van der Waals surface area (Å²) in [5, 5.41) is 2.06. The van der Waals surface area contributed by atoms with Gasteiger partial charge in [-0.2, -0.15) is 0 Å². The van der Waals surface area contributed by atoms with Gasteiger partial charge < -0.3 is 11.1 Å². The first-order chi connectivity index (χ1) is 9.38. The molecule has 8 heteroatoms. The summed E-state index contributed by atoms with van der Waals surface area (Å²) in [6, 6.07) is 2.03. The Bertz CT molecular complexity index is 694. The minimum Gasteiger partial charge on any atom is -0.384 e. The second kappa shape index (κ2) is 5.38. The third-order valence-corrected chi connectivity index (χ3v) is 2.68. The number of halogens is 4. The largest absolute Gasteiger partial charge is 0.384 e. The first-order valence-corrected chi connectivity index (χ1v) is 5.63. The van der Waals surface area contributed by atoms with E-state index in [1.807, 2.05) is 0 Å². The van der Waals surface area contributed by atoms with Crippen molar-refractivity contribution in [3.05, 3.63) is 52.4 Å². The van der Waals surface area contributed by atoms with Crippen molar-refractivity contribution in [2.24, 2.45) is 0 Å². The molecule has 0 spiro atoms. The van der Waals surface area contributed by atoms with Crippen LogP contribution in [0.25, 0.3) is 0 Å². The zero-order valence-corrected chi connectivity index (χ0v) is 10.5. The number of nitrogen functional groups attached to an aromatic ring is 1. The van der Waals surface area contributed by atoms with Gasteiger partial charge in [-0.25, -0.2) is 18.2 Å². The number of nitrogens with zero attached hydrogens (tertiary/aromatic N) is 1. The second-order valence-corrected chi connectivity index (χ2v) is 4.20. The topological polar surface area (TPSA) is 68.0 Å². The second-order valence-electron chi connectivity index (χ2n) is 3.79. The van der Waals surface area contributed by atoms with Gasteiger partial charge in [-0.15, -0.1) is 0 Å². The van der Waals surface area contributed by atoms with Crippen LogP contribution in [0.2, 0.25) is 5.02 Å². The normalized spacial score (nSPS) is 10.4. The van der Waals surface area contributed by atoms with Crippen LogP contribution in [-0.2, 0) is 0 Å². The molecule has 3 N–H and O–H groups in total. The fraction of sp³-hybridized carbons (Fsp3) is 0. The maximum atomic E-state index is 13.4. The Morgan fingerprint density at radius 2 is 1.80 bits per heavy atom. The van der Waals surface area contributed by atoms with Gasteiger partial charge in [0.1, 0.15) is 11.6 Å². The van der Waals surface area contributed by atoms with Crippen LogP contribution in [0, 0.1) is 17.5 Å². The highest BCUT2D eigenvalue weighted by atomic mass is 35.5. The van der Waals surface area contributed by atoms with Gasteiger partial charge in [0, 0.05) is 18.3 Å². The predicted molar refractivity (Wildman–Crippen MR) is 67.9 cm³/mol. The number of amides is 1. The van der Waals surface area contributed by atoms with Crippen LogP contribution < -0.4 is 11.1 Å². The minimum absolute atomic E-state index is 0.0142. The van der Waals surface area contributed by atoms with Gasteiger partial charge in [-0.1, -0.05) is 11.6 Å². The standard InChI is InChI=1S/C12H7ClF3N3O/c13-6-4-18-11(17)1-5(6)12(20)19-10-3-8(15)7(14)2-9(10)16/h1-4H,(H2,17,18)(H,19,20). The summed E-state index contributed by atoms with van der Waals surface area (Å²) in [6.07, 6.45) is 1.15. The molecule has 4 nitrogen and oxygen atoms in total. The van der Waals surface area contributed by atoms with Crippen molar-refractivity contribution < 1.29 is 18.0 Å². The van der Waals surface area contributed by atoms with Gasteiger partial charge in [-0.05, 0) is 6.07 Å². The molecule has 0 saturated carbocycles. The quantitative estimate of drug-likeness (QED) is 0.838. The lowest BCUT2D eigenvalue weighted by atomic mass is 10.2. The van der Waals surface area contributed by atoms with Crippen molar-refractivity contribution in [3.8, 4) is 0 Å². The Labute approximate surface area is 116 Å². The molecule has 1 aromatic carbocycles.